The summed E-state index contributed by atoms with van der Waals surface area (Å²) in [6.07, 6.45) is 0.635. The molecule has 0 aliphatic rings. The summed E-state index contributed by atoms with van der Waals surface area (Å²) >= 11 is 0. The van der Waals surface area contributed by atoms with E-state index >= 15 is 0 Å². The van der Waals surface area contributed by atoms with Gasteiger partial charge < -0.3 is 9.67 Å². The summed E-state index contributed by atoms with van der Waals surface area (Å²) in [5.41, 5.74) is -0.0368. The normalized spacial score (nSPS) is 10.8. The summed E-state index contributed by atoms with van der Waals surface area (Å²) in [5.74, 6) is -1.22. The monoisotopic (exact) mass is 237 g/mol. The Kier molecular flexibility index (Phi) is 2.91. The molecular formula is C12H9F2NO2. The fourth-order valence-electron chi connectivity index (χ4n) is 1.54. The number of aromatic nitrogens is 1. The number of rotatable bonds is 3. The highest BCUT2D eigenvalue weighted by Gasteiger charge is 2.13. The van der Waals surface area contributed by atoms with Crippen LogP contribution in [0, 0.1) is 0 Å². The molecule has 0 saturated heterocycles. The standard InChI is InChI=1S/C12H9F2NO2/c13-11(14)8-5-9(12(16)17)7-10(6-8)15-3-1-2-4-15/h1-7,11H,(H,16,17). The Balaban J connectivity index is 2.56. The van der Waals surface area contributed by atoms with Crippen molar-refractivity contribution in [2.24, 2.45) is 0 Å². The molecule has 2 aromatic rings. The van der Waals surface area contributed by atoms with E-state index in [2.05, 4.69) is 0 Å². The van der Waals surface area contributed by atoms with Crippen molar-refractivity contribution in [3.63, 3.8) is 0 Å². The number of carboxylic acid groups (broad SMARTS) is 1. The molecule has 0 radical (unpaired) electrons. The van der Waals surface area contributed by atoms with Crippen molar-refractivity contribution in [1.29, 1.82) is 0 Å². The third-order valence-electron chi connectivity index (χ3n) is 2.34. The molecule has 2 rings (SSSR count). The number of alkyl halides is 2. The minimum atomic E-state index is -2.69. The molecule has 0 bridgehead atoms. The number of aromatic carboxylic acids is 1. The van der Waals surface area contributed by atoms with Crippen LogP contribution in [0.15, 0.2) is 42.7 Å². The van der Waals surface area contributed by atoms with Crippen LogP contribution in [0.2, 0.25) is 0 Å². The van der Waals surface area contributed by atoms with Crippen LogP contribution >= 0.6 is 0 Å². The van der Waals surface area contributed by atoms with Gasteiger partial charge in [0.2, 0.25) is 0 Å². The van der Waals surface area contributed by atoms with E-state index in [1.807, 2.05) is 0 Å². The van der Waals surface area contributed by atoms with E-state index in [4.69, 9.17) is 5.11 Å². The number of hydrogen-bond donors (Lipinski definition) is 1. The Hall–Kier alpha value is -2.17. The molecule has 17 heavy (non-hydrogen) atoms. The van der Waals surface area contributed by atoms with Gasteiger partial charge in [-0.2, -0.15) is 0 Å². The van der Waals surface area contributed by atoms with Gasteiger partial charge in [0.15, 0.2) is 0 Å². The maximum atomic E-state index is 12.6. The minimum Gasteiger partial charge on any atom is -0.478 e. The molecule has 0 fully saturated rings. The molecule has 5 heteroatoms. The molecule has 0 spiro atoms. The predicted octanol–water partition coefficient (Wildman–Crippen LogP) is 3.11. The highest BCUT2D eigenvalue weighted by Crippen LogP contribution is 2.23. The van der Waals surface area contributed by atoms with Crippen molar-refractivity contribution in [3.05, 3.63) is 53.9 Å². The molecule has 0 saturated carbocycles. The highest BCUT2D eigenvalue weighted by atomic mass is 19.3. The molecule has 1 aromatic heterocycles. The lowest BCUT2D eigenvalue weighted by atomic mass is 10.1. The van der Waals surface area contributed by atoms with E-state index < -0.39 is 12.4 Å². The quantitative estimate of drug-likeness (QED) is 0.891. The second-order valence-corrected chi connectivity index (χ2v) is 3.51. The summed E-state index contributed by atoms with van der Waals surface area (Å²) in [4.78, 5) is 10.8. The van der Waals surface area contributed by atoms with Crippen molar-refractivity contribution < 1.29 is 18.7 Å². The minimum absolute atomic E-state index is 0.147. The van der Waals surface area contributed by atoms with Gasteiger partial charge >= 0.3 is 5.97 Å². The van der Waals surface area contributed by atoms with Crippen LogP contribution in [0.4, 0.5) is 8.78 Å². The van der Waals surface area contributed by atoms with Gasteiger partial charge in [0.1, 0.15) is 0 Å². The van der Waals surface area contributed by atoms with Crippen molar-refractivity contribution in [3.8, 4) is 5.69 Å². The van der Waals surface area contributed by atoms with E-state index in [9.17, 15) is 13.6 Å². The third kappa shape index (κ3) is 2.33. The smallest absolute Gasteiger partial charge is 0.335 e. The molecular weight excluding hydrogens is 228 g/mol. The zero-order chi connectivity index (χ0) is 12.4. The Morgan fingerprint density at radius 2 is 1.82 bits per heavy atom. The Bertz CT molecular complexity index is 535. The van der Waals surface area contributed by atoms with Crippen LogP contribution in [-0.4, -0.2) is 15.6 Å². The van der Waals surface area contributed by atoms with Crippen LogP contribution in [-0.2, 0) is 0 Å². The van der Waals surface area contributed by atoms with Crippen molar-refractivity contribution in [2.75, 3.05) is 0 Å². The van der Waals surface area contributed by atoms with Gasteiger partial charge in [-0.15, -0.1) is 0 Å². The predicted molar refractivity (Wildman–Crippen MR) is 57.7 cm³/mol. The first-order valence-corrected chi connectivity index (χ1v) is 4.87. The van der Waals surface area contributed by atoms with E-state index in [1.165, 1.54) is 12.1 Å². The number of benzene rings is 1. The van der Waals surface area contributed by atoms with Crippen molar-refractivity contribution in [2.45, 2.75) is 6.43 Å². The molecule has 0 aliphatic carbocycles. The molecule has 3 nitrogen and oxygen atoms in total. The zero-order valence-electron chi connectivity index (χ0n) is 8.68. The van der Waals surface area contributed by atoms with Crippen LogP contribution in [0.1, 0.15) is 22.3 Å². The average molecular weight is 237 g/mol. The number of hydrogen-bond acceptors (Lipinski definition) is 1. The first-order valence-electron chi connectivity index (χ1n) is 4.87. The lowest BCUT2D eigenvalue weighted by molar-refractivity contribution is 0.0696. The van der Waals surface area contributed by atoms with E-state index in [0.717, 1.165) is 6.07 Å². The number of carbonyl (C=O) groups is 1. The molecule has 0 aliphatic heterocycles. The highest BCUT2D eigenvalue weighted by molar-refractivity contribution is 5.88. The maximum Gasteiger partial charge on any atom is 0.335 e. The Labute approximate surface area is 95.9 Å². The average Bonchev–Trinajstić information content (AvgIpc) is 2.81. The molecule has 0 atom stereocenters. The summed E-state index contributed by atoms with van der Waals surface area (Å²) in [5, 5.41) is 8.86. The van der Waals surface area contributed by atoms with Crippen molar-refractivity contribution >= 4 is 5.97 Å². The Morgan fingerprint density at radius 1 is 1.18 bits per heavy atom. The van der Waals surface area contributed by atoms with E-state index in [1.54, 1.807) is 29.1 Å². The molecule has 1 N–H and O–H groups in total. The van der Waals surface area contributed by atoms with Gasteiger partial charge in [0.25, 0.3) is 6.43 Å². The summed E-state index contributed by atoms with van der Waals surface area (Å²) < 4.78 is 26.8. The van der Waals surface area contributed by atoms with Crippen LogP contribution < -0.4 is 0 Å². The van der Waals surface area contributed by atoms with Crippen molar-refractivity contribution in [1.82, 2.24) is 4.57 Å². The second kappa shape index (κ2) is 4.37. The largest absolute Gasteiger partial charge is 0.478 e. The molecule has 0 unspecified atom stereocenters. The molecule has 0 amide bonds. The third-order valence-corrected chi connectivity index (χ3v) is 2.34. The molecule has 1 aromatic carbocycles. The molecule has 88 valence electrons. The molecule has 1 heterocycles. The number of nitrogens with zero attached hydrogens (tertiary/aromatic N) is 1. The zero-order valence-corrected chi connectivity index (χ0v) is 8.68. The van der Waals surface area contributed by atoms with E-state index in [0.29, 0.717) is 5.69 Å². The van der Waals surface area contributed by atoms with Gasteiger partial charge in [-0.3, -0.25) is 0 Å². The van der Waals surface area contributed by atoms with Gasteiger partial charge in [0.05, 0.1) is 5.56 Å². The van der Waals surface area contributed by atoms with Crippen LogP contribution in [0.3, 0.4) is 0 Å². The number of carboxylic acids is 1. The summed E-state index contributed by atoms with van der Waals surface area (Å²) in [6, 6.07) is 7.08. The fraction of sp³-hybridized carbons (Fsp3) is 0.0833. The van der Waals surface area contributed by atoms with Gasteiger partial charge in [-0.1, -0.05) is 0 Å². The lowest BCUT2D eigenvalue weighted by Crippen LogP contribution is -2.01. The summed E-state index contributed by atoms with van der Waals surface area (Å²) in [6.45, 7) is 0. The summed E-state index contributed by atoms with van der Waals surface area (Å²) in [7, 11) is 0. The van der Waals surface area contributed by atoms with Gasteiger partial charge in [0, 0.05) is 23.6 Å². The lowest BCUT2D eigenvalue weighted by Gasteiger charge is -2.08. The number of halogens is 2. The maximum absolute atomic E-state index is 12.6. The fourth-order valence-corrected chi connectivity index (χ4v) is 1.54. The second-order valence-electron chi connectivity index (χ2n) is 3.51. The van der Waals surface area contributed by atoms with E-state index in [-0.39, 0.29) is 11.1 Å². The topological polar surface area (TPSA) is 42.2 Å². The van der Waals surface area contributed by atoms with Gasteiger partial charge in [-0.25, -0.2) is 13.6 Å². The SMILES string of the molecule is O=C(O)c1cc(C(F)F)cc(-n2cccc2)c1. The first kappa shape index (κ1) is 11.3. The van der Waals surface area contributed by atoms with Crippen LogP contribution in [0.5, 0.6) is 0 Å². The Morgan fingerprint density at radius 3 is 2.35 bits per heavy atom. The first-order chi connectivity index (χ1) is 8.08. The van der Waals surface area contributed by atoms with Gasteiger partial charge in [-0.05, 0) is 30.3 Å². The van der Waals surface area contributed by atoms with Crippen LogP contribution in [0.25, 0.3) is 5.69 Å².